The average Bonchev–Trinajstić information content (AvgIpc) is 3.11. The smallest absolute Gasteiger partial charge is 0.307 e. The van der Waals surface area contributed by atoms with Crippen LogP contribution in [0.4, 0.5) is 0 Å². The molecule has 0 bridgehead atoms. The maximum absolute atomic E-state index is 12.2. The Morgan fingerprint density at radius 2 is 1.85 bits per heavy atom. The largest absolute Gasteiger partial charge is 0.490 e. The van der Waals surface area contributed by atoms with Gasteiger partial charge in [0.1, 0.15) is 19.0 Å². The van der Waals surface area contributed by atoms with Crippen molar-refractivity contribution < 1.29 is 19.1 Å². The highest BCUT2D eigenvalue weighted by Crippen LogP contribution is 2.16. The number of halogens is 1. The van der Waals surface area contributed by atoms with Gasteiger partial charge in [-0.05, 0) is 30.3 Å². The van der Waals surface area contributed by atoms with Gasteiger partial charge in [0.25, 0.3) is 5.91 Å². The summed E-state index contributed by atoms with van der Waals surface area (Å²) in [7, 11) is 0. The fraction of sp³-hybridized carbons (Fsp3) is 0.211. The van der Waals surface area contributed by atoms with Crippen LogP contribution in [0.5, 0.6) is 5.75 Å². The van der Waals surface area contributed by atoms with E-state index in [1.807, 2.05) is 48.5 Å². The number of esters is 1. The van der Waals surface area contributed by atoms with Crippen LogP contribution in [0.25, 0.3) is 10.9 Å². The lowest BCUT2D eigenvalue weighted by molar-refractivity contribution is -0.144. The van der Waals surface area contributed by atoms with Gasteiger partial charge in [-0.15, -0.1) is 0 Å². The van der Waals surface area contributed by atoms with Crippen molar-refractivity contribution in [2.24, 2.45) is 0 Å². The van der Waals surface area contributed by atoms with Crippen LogP contribution < -0.4 is 10.1 Å². The minimum absolute atomic E-state index is 0.0758. The summed E-state index contributed by atoms with van der Waals surface area (Å²) in [5.74, 6) is -0.0341. The van der Waals surface area contributed by atoms with Crippen LogP contribution in [0, 0.1) is 0 Å². The van der Waals surface area contributed by atoms with Gasteiger partial charge in [0.15, 0.2) is 5.69 Å². The van der Waals surface area contributed by atoms with E-state index in [1.165, 1.54) is 0 Å². The number of hydrogen-bond acceptors (Lipinski definition) is 5. The second-order valence-corrected chi connectivity index (χ2v) is 6.56. The summed E-state index contributed by atoms with van der Waals surface area (Å²) in [6.07, 6.45) is 0.0758. The highest BCUT2D eigenvalue weighted by atomic mass is 79.9. The number of para-hydroxylation sites is 1. The molecular weight excluding hydrogens is 414 g/mol. The standard InChI is InChI=1S/C19H18BrN3O4/c20-13-5-7-14(8-6-13)26-11-12-27-17(24)9-10-21-19(25)18-15-3-1-2-4-16(15)22-23-18/h1-8H,9-12H2,(H,21,25)(H,22,23). The molecule has 0 fully saturated rings. The highest BCUT2D eigenvalue weighted by molar-refractivity contribution is 9.10. The predicted molar refractivity (Wildman–Crippen MR) is 104 cm³/mol. The number of nitrogens with one attached hydrogen (secondary N) is 2. The predicted octanol–water partition coefficient (Wildman–Crippen LogP) is 3.07. The first-order valence-corrected chi connectivity index (χ1v) is 9.18. The Hall–Kier alpha value is -2.87. The van der Waals surface area contributed by atoms with Crippen LogP contribution in [0.2, 0.25) is 0 Å². The molecule has 0 aliphatic rings. The van der Waals surface area contributed by atoms with E-state index in [-0.39, 0.29) is 32.1 Å². The molecule has 0 unspecified atom stereocenters. The van der Waals surface area contributed by atoms with E-state index in [2.05, 4.69) is 31.4 Å². The first kappa shape index (κ1) is 18.9. The summed E-state index contributed by atoms with van der Waals surface area (Å²) in [4.78, 5) is 23.9. The van der Waals surface area contributed by atoms with Gasteiger partial charge in [-0.1, -0.05) is 34.1 Å². The lowest BCUT2D eigenvalue weighted by Crippen LogP contribution is -2.27. The molecule has 3 rings (SSSR count). The van der Waals surface area contributed by atoms with Gasteiger partial charge in [0, 0.05) is 16.4 Å². The molecule has 0 radical (unpaired) electrons. The summed E-state index contributed by atoms with van der Waals surface area (Å²) in [5.41, 5.74) is 1.09. The van der Waals surface area contributed by atoms with Crippen molar-refractivity contribution in [1.82, 2.24) is 15.5 Å². The average molecular weight is 432 g/mol. The van der Waals surface area contributed by atoms with Gasteiger partial charge in [-0.2, -0.15) is 5.10 Å². The number of fused-ring (bicyclic) bond motifs is 1. The summed E-state index contributed by atoms with van der Waals surface area (Å²) in [5, 5.41) is 10.2. The van der Waals surface area contributed by atoms with E-state index in [0.29, 0.717) is 11.4 Å². The third-order valence-corrected chi connectivity index (χ3v) is 4.26. The second-order valence-electron chi connectivity index (χ2n) is 5.65. The van der Waals surface area contributed by atoms with Crippen molar-refractivity contribution in [3.8, 4) is 5.75 Å². The number of carbonyl (C=O) groups is 2. The normalized spacial score (nSPS) is 10.6. The third kappa shape index (κ3) is 5.30. The van der Waals surface area contributed by atoms with Crippen LogP contribution in [0.1, 0.15) is 16.9 Å². The van der Waals surface area contributed by atoms with Gasteiger partial charge in [-0.3, -0.25) is 14.7 Å². The monoisotopic (exact) mass is 431 g/mol. The maximum Gasteiger partial charge on any atom is 0.307 e. The fourth-order valence-corrected chi connectivity index (χ4v) is 2.68. The highest BCUT2D eigenvalue weighted by Gasteiger charge is 2.13. The van der Waals surface area contributed by atoms with Crippen LogP contribution in [-0.2, 0) is 9.53 Å². The second kappa shape index (κ2) is 9.18. The van der Waals surface area contributed by atoms with Crippen LogP contribution >= 0.6 is 15.9 Å². The Bertz CT molecular complexity index is 924. The van der Waals surface area contributed by atoms with Crippen LogP contribution in [0.3, 0.4) is 0 Å². The Morgan fingerprint density at radius 1 is 1.07 bits per heavy atom. The molecule has 1 amide bonds. The minimum atomic E-state index is -0.401. The van der Waals surface area contributed by atoms with Crippen LogP contribution in [0.15, 0.2) is 53.0 Å². The third-order valence-electron chi connectivity index (χ3n) is 3.73. The number of carbonyl (C=O) groups excluding carboxylic acids is 2. The van der Waals surface area contributed by atoms with E-state index >= 15 is 0 Å². The molecule has 27 heavy (non-hydrogen) atoms. The van der Waals surface area contributed by atoms with E-state index in [0.717, 1.165) is 15.4 Å². The molecule has 0 saturated heterocycles. The summed E-state index contributed by atoms with van der Waals surface area (Å²) in [6, 6.07) is 14.7. The van der Waals surface area contributed by atoms with Gasteiger partial charge in [-0.25, -0.2) is 0 Å². The Balaban J connectivity index is 1.34. The number of ether oxygens (including phenoxy) is 2. The lowest BCUT2D eigenvalue weighted by atomic mass is 10.2. The van der Waals surface area contributed by atoms with Crippen molar-refractivity contribution in [3.05, 3.63) is 58.7 Å². The van der Waals surface area contributed by atoms with Crippen molar-refractivity contribution in [3.63, 3.8) is 0 Å². The molecule has 0 aliphatic heterocycles. The van der Waals surface area contributed by atoms with Crippen molar-refractivity contribution in [1.29, 1.82) is 0 Å². The molecule has 0 spiro atoms. The zero-order valence-electron chi connectivity index (χ0n) is 14.4. The molecule has 1 aromatic heterocycles. The zero-order chi connectivity index (χ0) is 19.1. The molecule has 3 aromatic rings. The quantitative estimate of drug-likeness (QED) is 0.422. The number of amides is 1. The van der Waals surface area contributed by atoms with Gasteiger partial charge < -0.3 is 14.8 Å². The number of aromatic nitrogens is 2. The van der Waals surface area contributed by atoms with Gasteiger partial charge >= 0.3 is 5.97 Å². The SMILES string of the molecule is O=C(CCNC(=O)c1n[nH]c2ccccc12)OCCOc1ccc(Br)cc1. The van der Waals surface area contributed by atoms with Crippen molar-refractivity contribution in [2.75, 3.05) is 19.8 Å². The Kier molecular flexibility index (Phi) is 6.43. The zero-order valence-corrected chi connectivity index (χ0v) is 16.0. The van der Waals surface area contributed by atoms with E-state index in [1.54, 1.807) is 0 Å². The molecule has 0 atom stereocenters. The molecule has 7 nitrogen and oxygen atoms in total. The van der Waals surface area contributed by atoms with Crippen molar-refractivity contribution in [2.45, 2.75) is 6.42 Å². The van der Waals surface area contributed by atoms with Crippen LogP contribution in [-0.4, -0.2) is 41.8 Å². The number of aromatic amines is 1. The molecule has 0 aliphatic carbocycles. The number of H-pyrrole nitrogens is 1. The Labute approximate surface area is 164 Å². The maximum atomic E-state index is 12.2. The van der Waals surface area contributed by atoms with E-state index in [9.17, 15) is 9.59 Å². The molecule has 2 N–H and O–H groups in total. The Morgan fingerprint density at radius 3 is 2.67 bits per heavy atom. The molecule has 140 valence electrons. The molecule has 8 heteroatoms. The minimum Gasteiger partial charge on any atom is -0.490 e. The summed E-state index contributed by atoms with van der Waals surface area (Å²) >= 11 is 3.34. The first-order chi connectivity index (χ1) is 13.1. The molecular formula is C19H18BrN3O4. The van der Waals surface area contributed by atoms with E-state index in [4.69, 9.17) is 9.47 Å². The van der Waals surface area contributed by atoms with Gasteiger partial charge in [0.2, 0.25) is 0 Å². The lowest BCUT2D eigenvalue weighted by Gasteiger charge is -2.08. The summed E-state index contributed by atoms with van der Waals surface area (Å²) in [6.45, 7) is 0.582. The number of nitrogens with zero attached hydrogens (tertiary/aromatic N) is 1. The number of hydrogen-bond donors (Lipinski definition) is 2. The summed E-state index contributed by atoms with van der Waals surface area (Å²) < 4.78 is 11.5. The first-order valence-electron chi connectivity index (χ1n) is 8.39. The molecule has 0 saturated carbocycles. The number of benzene rings is 2. The molecule has 2 aromatic carbocycles. The number of rotatable bonds is 8. The van der Waals surface area contributed by atoms with Crippen molar-refractivity contribution >= 4 is 38.7 Å². The van der Waals surface area contributed by atoms with Gasteiger partial charge in [0.05, 0.1) is 11.9 Å². The fourth-order valence-electron chi connectivity index (χ4n) is 2.42. The topological polar surface area (TPSA) is 93.3 Å². The molecule has 1 heterocycles. The van der Waals surface area contributed by atoms with E-state index < -0.39 is 5.97 Å².